The van der Waals surface area contributed by atoms with E-state index in [0.717, 1.165) is 12.0 Å². The maximum Gasteiger partial charge on any atom is 0.186 e. The normalized spacial score (nSPS) is 34.0. The van der Waals surface area contributed by atoms with E-state index in [1.54, 1.807) is 0 Å². The summed E-state index contributed by atoms with van der Waals surface area (Å²) in [7, 11) is 0. The molecule has 0 spiro atoms. The van der Waals surface area contributed by atoms with Crippen molar-refractivity contribution in [2.45, 2.75) is 51.0 Å². The van der Waals surface area contributed by atoms with Crippen molar-refractivity contribution < 1.29 is 35.0 Å². The van der Waals surface area contributed by atoms with Crippen LogP contribution in [0.25, 0.3) is 0 Å². The van der Waals surface area contributed by atoms with Crippen LogP contribution in [0.2, 0.25) is 0 Å². The standard InChI is InChI=1S/C16H28O7/c1-10(7-17)5-3-4-6-11(2)9-22-16-15(21)14(20)13(19)12(8-18)23-16/h3-5,11-21H,6-9H2,1-2H3/b4-3-,10-5-. The van der Waals surface area contributed by atoms with E-state index in [0.29, 0.717) is 0 Å². The van der Waals surface area contributed by atoms with E-state index in [1.807, 2.05) is 32.1 Å². The Morgan fingerprint density at radius 2 is 1.87 bits per heavy atom. The van der Waals surface area contributed by atoms with Crippen LogP contribution in [-0.4, -0.2) is 76.1 Å². The van der Waals surface area contributed by atoms with Gasteiger partial charge in [0.05, 0.1) is 19.8 Å². The van der Waals surface area contributed by atoms with E-state index in [2.05, 4.69) is 0 Å². The summed E-state index contributed by atoms with van der Waals surface area (Å²) in [5.74, 6) is 0.140. The minimum absolute atomic E-state index is 0.0279. The van der Waals surface area contributed by atoms with Gasteiger partial charge in [-0.25, -0.2) is 0 Å². The van der Waals surface area contributed by atoms with E-state index in [9.17, 15) is 15.3 Å². The Balaban J connectivity index is 2.41. The molecule has 1 aliphatic rings. The minimum Gasteiger partial charge on any atom is -0.394 e. The van der Waals surface area contributed by atoms with E-state index in [4.69, 9.17) is 19.7 Å². The third-order valence-corrected chi connectivity index (χ3v) is 3.70. The summed E-state index contributed by atoms with van der Waals surface area (Å²) in [5.41, 5.74) is 0.867. The Morgan fingerprint density at radius 3 is 2.48 bits per heavy atom. The van der Waals surface area contributed by atoms with E-state index < -0.39 is 37.3 Å². The first kappa shape index (κ1) is 20.2. The van der Waals surface area contributed by atoms with Crippen LogP contribution >= 0.6 is 0 Å². The first-order valence-corrected chi connectivity index (χ1v) is 7.76. The molecule has 0 radical (unpaired) electrons. The molecule has 0 aliphatic carbocycles. The lowest BCUT2D eigenvalue weighted by molar-refractivity contribution is -0.302. The zero-order valence-electron chi connectivity index (χ0n) is 13.6. The van der Waals surface area contributed by atoms with Crippen LogP contribution in [0, 0.1) is 5.92 Å². The molecule has 5 N–H and O–H groups in total. The molecule has 7 nitrogen and oxygen atoms in total. The van der Waals surface area contributed by atoms with E-state index in [-0.39, 0.29) is 19.1 Å². The predicted molar refractivity (Wildman–Crippen MR) is 83.5 cm³/mol. The van der Waals surface area contributed by atoms with Gasteiger partial charge in [-0.2, -0.15) is 0 Å². The Bertz CT molecular complexity index is 394. The van der Waals surface area contributed by atoms with Gasteiger partial charge in [0, 0.05) is 0 Å². The second-order valence-corrected chi connectivity index (χ2v) is 5.97. The largest absolute Gasteiger partial charge is 0.394 e. The van der Waals surface area contributed by atoms with Crippen molar-refractivity contribution in [3.63, 3.8) is 0 Å². The highest BCUT2D eigenvalue weighted by Crippen LogP contribution is 2.22. The predicted octanol–water partition coefficient (Wildman–Crippen LogP) is -0.676. The topological polar surface area (TPSA) is 120 Å². The summed E-state index contributed by atoms with van der Waals surface area (Å²) in [6, 6.07) is 0. The molecule has 0 bridgehead atoms. The number of hydrogen-bond acceptors (Lipinski definition) is 7. The third-order valence-electron chi connectivity index (χ3n) is 3.70. The molecule has 7 heteroatoms. The van der Waals surface area contributed by atoms with Crippen LogP contribution in [0.4, 0.5) is 0 Å². The first-order valence-electron chi connectivity index (χ1n) is 7.76. The average Bonchev–Trinajstić information content (AvgIpc) is 2.55. The molecule has 134 valence electrons. The number of ether oxygens (including phenoxy) is 2. The number of rotatable bonds is 8. The van der Waals surface area contributed by atoms with Crippen LogP contribution in [0.1, 0.15) is 20.3 Å². The molecule has 0 aromatic rings. The van der Waals surface area contributed by atoms with Crippen molar-refractivity contribution in [3.05, 3.63) is 23.8 Å². The van der Waals surface area contributed by atoms with Gasteiger partial charge in [0.15, 0.2) is 6.29 Å². The molecule has 6 atom stereocenters. The van der Waals surface area contributed by atoms with Crippen molar-refractivity contribution in [1.29, 1.82) is 0 Å². The van der Waals surface area contributed by atoms with Crippen LogP contribution in [0.3, 0.4) is 0 Å². The van der Waals surface area contributed by atoms with Gasteiger partial charge in [-0.3, -0.25) is 0 Å². The molecule has 23 heavy (non-hydrogen) atoms. The Morgan fingerprint density at radius 1 is 1.17 bits per heavy atom. The van der Waals surface area contributed by atoms with E-state index in [1.165, 1.54) is 0 Å². The fourth-order valence-electron chi connectivity index (χ4n) is 2.13. The van der Waals surface area contributed by atoms with Gasteiger partial charge in [-0.15, -0.1) is 0 Å². The van der Waals surface area contributed by atoms with Gasteiger partial charge in [0.25, 0.3) is 0 Å². The van der Waals surface area contributed by atoms with Crippen LogP contribution in [0.15, 0.2) is 23.8 Å². The first-order chi connectivity index (χ1) is 10.9. The third kappa shape index (κ3) is 6.31. The van der Waals surface area contributed by atoms with Crippen molar-refractivity contribution in [2.75, 3.05) is 19.8 Å². The molecule has 0 amide bonds. The summed E-state index contributed by atoms with van der Waals surface area (Å²) in [4.78, 5) is 0. The fraction of sp³-hybridized carbons (Fsp3) is 0.750. The molecule has 1 fully saturated rings. The number of allylic oxidation sites excluding steroid dienone is 3. The fourth-order valence-corrected chi connectivity index (χ4v) is 2.13. The van der Waals surface area contributed by atoms with Gasteiger partial charge >= 0.3 is 0 Å². The Kier molecular flexibility index (Phi) is 8.93. The maximum atomic E-state index is 9.85. The maximum absolute atomic E-state index is 9.85. The number of aliphatic hydroxyl groups excluding tert-OH is 5. The molecule has 1 saturated heterocycles. The molecule has 0 aromatic heterocycles. The molecule has 1 heterocycles. The highest BCUT2D eigenvalue weighted by molar-refractivity contribution is 5.10. The second-order valence-electron chi connectivity index (χ2n) is 5.97. The second kappa shape index (κ2) is 10.1. The Hall–Kier alpha value is -0.800. The Labute approximate surface area is 136 Å². The molecule has 0 saturated carbocycles. The van der Waals surface area contributed by atoms with Gasteiger partial charge < -0.3 is 35.0 Å². The smallest absolute Gasteiger partial charge is 0.186 e. The van der Waals surface area contributed by atoms with Crippen molar-refractivity contribution >= 4 is 0 Å². The summed E-state index contributed by atoms with van der Waals surface area (Å²) in [5, 5.41) is 47.2. The van der Waals surface area contributed by atoms with Gasteiger partial charge in [0.1, 0.15) is 24.4 Å². The molecule has 1 rings (SSSR count). The molecular formula is C16H28O7. The average molecular weight is 332 g/mol. The van der Waals surface area contributed by atoms with Gasteiger partial charge in [0.2, 0.25) is 0 Å². The molecular weight excluding hydrogens is 304 g/mol. The SMILES string of the molecule is C/C(=C/C=C\CC(C)COC1OC(CO)C(O)C(O)C1O)CO. The van der Waals surface area contributed by atoms with E-state index >= 15 is 0 Å². The summed E-state index contributed by atoms with van der Waals surface area (Å²) in [6.07, 6.45) is 0.137. The number of aliphatic hydroxyl groups is 5. The zero-order chi connectivity index (χ0) is 17.4. The minimum atomic E-state index is -1.42. The zero-order valence-corrected chi connectivity index (χ0v) is 13.6. The van der Waals surface area contributed by atoms with Crippen molar-refractivity contribution in [3.8, 4) is 0 Å². The highest BCUT2D eigenvalue weighted by atomic mass is 16.7. The van der Waals surface area contributed by atoms with Gasteiger partial charge in [-0.05, 0) is 24.8 Å². The van der Waals surface area contributed by atoms with Crippen molar-refractivity contribution in [1.82, 2.24) is 0 Å². The van der Waals surface area contributed by atoms with Crippen LogP contribution in [0.5, 0.6) is 0 Å². The molecule has 0 aromatic carbocycles. The number of hydrogen-bond donors (Lipinski definition) is 5. The lowest BCUT2D eigenvalue weighted by Gasteiger charge is -2.39. The monoisotopic (exact) mass is 332 g/mol. The lowest BCUT2D eigenvalue weighted by Crippen LogP contribution is -2.59. The van der Waals surface area contributed by atoms with Gasteiger partial charge in [-0.1, -0.05) is 25.2 Å². The van der Waals surface area contributed by atoms with Crippen LogP contribution in [-0.2, 0) is 9.47 Å². The van der Waals surface area contributed by atoms with Crippen molar-refractivity contribution in [2.24, 2.45) is 5.92 Å². The summed E-state index contributed by atoms with van der Waals surface area (Å²) < 4.78 is 10.7. The quantitative estimate of drug-likeness (QED) is 0.374. The summed E-state index contributed by atoms with van der Waals surface area (Å²) in [6.45, 7) is 3.63. The molecule has 6 unspecified atom stereocenters. The highest BCUT2D eigenvalue weighted by Gasteiger charge is 2.44. The molecule has 1 aliphatic heterocycles. The van der Waals surface area contributed by atoms with Crippen LogP contribution < -0.4 is 0 Å². The lowest BCUT2D eigenvalue weighted by atomic mass is 9.99. The summed E-state index contributed by atoms with van der Waals surface area (Å²) >= 11 is 0.